The predicted molar refractivity (Wildman–Crippen MR) is 73.6 cm³/mol. The van der Waals surface area contributed by atoms with Crippen LogP contribution in [-0.2, 0) is 4.79 Å². The number of rotatable bonds is 1. The molecule has 1 amide bonds. The van der Waals surface area contributed by atoms with Crippen molar-refractivity contribution in [3.8, 4) is 5.75 Å². The van der Waals surface area contributed by atoms with Crippen molar-refractivity contribution in [1.29, 1.82) is 0 Å². The van der Waals surface area contributed by atoms with Gasteiger partial charge in [-0.15, -0.1) is 0 Å². The number of ether oxygens (including phenoxy) is 1. The summed E-state index contributed by atoms with van der Waals surface area (Å²) < 4.78 is 5.31. The van der Waals surface area contributed by atoms with E-state index in [1.807, 2.05) is 18.2 Å². The monoisotopic (exact) mass is 258 g/mol. The minimum Gasteiger partial charge on any atom is -0.497 e. The van der Waals surface area contributed by atoms with Crippen LogP contribution in [0, 0.1) is 11.8 Å². The molecule has 0 spiro atoms. The number of anilines is 2. The van der Waals surface area contributed by atoms with Crippen molar-refractivity contribution in [2.75, 3.05) is 23.9 Å². The van der Waals surface area contributed by atoms with Gasteiger partial charge >= 0.3 is 0 Å². The maximum atomic E-state index is 12.4. The number of carbonyl (C=O) groups excluding carboxylic acids is 1. The molecule has 4 heteroatoms. The molecule has 0 aromatic heterocycles. The minimum atomic E-state index is 0.0344. The molecule has 19 heavy (non-hydrogen) atoms. The number of methoxy groups -OCH3 is 1. The Morgan fingerprint density at radius 2 is 2.26 bits per heavy atom. The van der Waals surface area contributed by atoms with Crippen LogP contribution in [0.4, 0.5) is 11.4 Å². The first-order valence-corrected chi connectivity index (χ1v) is 7.03. The van der Waals surface area contributed by atoms with E-state index in [1.165, 1.54) is 19.3 Å². The zero-order valence-electron chi connectivity index (χ0n) is 11.1. The van der Waals surface area contributed by atoms with E-state index in [-0.39, 0.29) is 11.9 Å². The van der Waals surface area contributed by atoms with Gasteiger partial charge in [0, 0.05) is 12.6 Å². The first kappa shape index (κ1) is 11.1. The number of amides is 1. The standard InChI is InChI=1S/C15H18N2O2/c1-19-10-5-6-12-13(7-10)17-8-9-3-2-4-11(9)14(17)15(18)16-12/h5-7,9,11,14H,2-4,8H2,1H3,(H,16,18). The number of nitrogens with one attached hydrogen (secondary N) is 1. The van der Waals surface area contributed by atoms with Gasteiger partial charge in [0.2, 0.25) is 5.91 Å². The summed E-state index contributed by atoms with van der Waals surface area (Å²) in [6, 6.07) is 5.92. The summed E-state index contributed by atoms with van der Waals surface area (Å²) in [7, 11) is 1.68. The van der Waals surface area contributed by atoms with Crippen LogP contribution >= 0.6 is 0 Å². The van der Waals surface area contributed by atoms with Crippen molar-refractivity contribution in [2.24, 2.45) is 11.8 Å². The predicted octanol–water partition coefficient (Wildman–Crippen LogP) is 2.25. The lowest BCUT2D eigenvalue weighted by molar-refractivity contribution is -0.118. The minimum absolute atomic E-state index is 0.0344. The summed E-state index contributed by atoms with van der Waals surface area (Å²) in [4.78, 5) is 14.6. The molecule has 2 heterocycles. The summed E-state index contributed by atoms with van der Waals surface area (Å²) in [6.07, 6.45) is 3.74. The van der Waals surface area contributed by atoms with E-state index in [1.54, 1.807) is 7.11 Å². The molecule has 1 aromatic carbocycles. The molecule has 1 aromatic rings. The SMILES string of the molecule is COc1ccc2c(c1)N1CC3CCCC3C1C(=O)N2. The molecule has 0 bridgehead atoms. The Morgan fingerprint density at radius 3 is 3.11 bits per heavy atom. The lowest BCUT2D eigenvalue weighted by atomic mass is 9.92. The zero-order chi connectivity index (χ0) is 13.0. The van der Waals surface area contributed by atoms with Crippen molar-refractivity contribution in [1.82, 2.24) is 0 Å². The Morgan fingerprint density at radius 1 is 1.37 bits per heavy atom. The van der Waals surface area contributed by atoms with E-state index in [0.717, 1.165) is 23.7 Å². The molecule has 100 valence electrons. The molecule has 3 unspecified atom stereocenters. The number of carbonyl (C=O) groups is 1. The largest absolute Gasteiger partial charge is 0.497 e. The van der Waals surface area contributed by atoms with Crippen LogP contribution in [0.3, 0.4) is 0 Å². The lowest BCUT2D eigenvalue weighted by Gasteiger charge is -2.35. The summed E-state index contributed by atoms with van der Waals surface area (Å²) >= 11 is 0. The molecular weight excluding hydrogens is 240 g/mol. The topological polar surface area (TPSA) is 41.6 Å². The summed E-state index contributed by atoms with van der Waals surface area (Å²) in [5.74, 6) is 2.25. The maximum absolute atomic E-state index is 12.4. The van der Waals surface area contributed by atoms with Crippen LogP contribution in [0.25, 0.3) is 0 Å². The molecule has 1 saturated carbocycles. The molecule has 4 nitrogen and oxygen atoms in total. The highest BCUT2D eigenvalue weighted by Crippen LogP contribution is 2.48. The molecule has 1 aliphatic carbocycles. The van der Waals surface area contributed by atoms with Crippen molar-refractivity contribution < 1.29 is 9.53 Å². The average Bonchev–Trinajstić information content (AvgIpc) is 2.98. The molecule has 4 rings (SSSR count). The van der Waals surface area contributed by atoms with Gasteiger partial charge < -0.3 is 15.0 Å². The van der Waals surface area contributed by atoms with E-state index >= 15 is 0 Å². The quantitative estimate of drug-likeness (QED) is 0.840. The number of hydrogen-bond acceptors (Lipinski definition) is 3. The Labute approximate surface area is 112 Å². The number of nitrogens with zero attached hydrogens (tertiary/aromatic N) is 1. The Balaban J connectivity index is 1.78. The van der Waals surface area contributed by atoms with Gasteiger partial charge in [-0.1, -0.05) is 6.42 Å². The molecule has 2 aliphatic heterocycles. The number of fused-ring (bicyclic) bond motifs is 5. The highest BCUT2D eigenvalue weighted by molar-refractivity contribution is 6.04. The van der Waals surface area contributed by atoms with Crippen molar-refractivity contribution in [2.45, 2.75) is 25.3 Å². The maximum Gasteiger partial charge on any atom is 0.247 e. The Hall–Kier alpha value is -1.71. The molecule has 1 saturated heterocycles. The zero-order valence-corrected chi connectivity index (χ0v) is 11.1. The summed E-state index contributed by atoms with van der Waals surface area (Å²) in [6.45, 7) is 1.02. The fourth-order valence-corrected chi connectivity index (χ4v) is 4.08. The molecule has 0 radical (unpaired) electrons. The molecule has 3 atom stereocenters. The van der Waals surface area contributed by atoms with Crippen LogP contribution in [0.2, 0.25) is 0 Å². The van der Waals surface area contributed by atoms with E-state index in [9.17, 15) is 4.79 Å². The first-order chi connectivity index (χ1) is 9.28. The number of benzene rings is 1. The van der Waals surface area contributed by atoms with E-state index in [2.05, 4.69) is 10.2 Å². The van der Waals surface area contributed by atoms with Gasteiger partial charge in [-0.2, -0.15) is 0 Å². The number of hydrogen-bond donors (Lipinski definition) is 1. The van der Waals surface area contributed by atoms with Gasteiger partial charge in [0.25, 0.3) is 0 Å². The van der Waals surface area contributed by atoms with Gasteiger partial charge in [-0.05, 0) is 36.8 Å². The van der Waals surface area contributed by atoms with Gasteiger partial charge in [-0.25, -0.2) is 0 Å². The third-order valence-corrected chi connectivity index (χ3v) is 4.93. The first-order valence-electron chi connectivity index (χ1n) is 7.03. The van der Waals surface area contributed by atoms with E-state index < -0.39 is 0 Å². The van der Waals surface area contributed by atoms with Crippen LogP contribution in [-0.4, -0.2) is 25.6 Å². The Kier molecular flexibility index (Phi) is 2.28. The normalized spacial score (nSPS) is 31.5. The van der Waals surface area contributed by atoms with Crippen LogP contribution in [0.5, 0.6) is 5.75 Å². The second-order valence-corrected chi connectivity index (χ2v) is 5.82. The van der Waals surface area contributed by atoms with Gasteiger partial charge in [0.1, 0.15) is 11.8 Å². The van der Waals surface area contributed by atoms with E-state index in [0.29, 0.717) is 11.8 Å². The fraction of sp³-hybridized carbons (Fsp3) is 0.533. The van der Waals surface area contributed by atoms with Gasteiger partial charge in [0.05, 0.1) is 18.5 Å². The smallest absolute Gasteiger partial charge is 0.247 e. The van der Waals surface area contributed by atoms with Gasteiger partial charge in [-0.3, -0.25) is 4.79 Å². The molecule has 2 fully saturated rings. The van der Waals surface area contributed by atoms with Crippen molar-refractivity contribution in [3.63, 3.8) is 0 Å². The molecular formula is C15H18N2O2. The van der Waals surface area contributed by atoms with Gasteiger partial charge in [0.15, 0.2) is 0 Å². The second kappa shape index (κ2) is 3.89. The average molecular weight is 258 g/mol. The highest BCUT2D eigenvalue weighted by Gasteiger charge is 2.49. The Bertz CT molecular complexity index is 543. The van der Waals surface area contributed by atoms with Crippen molar-refractivity contribution >= 4 is 17.3 Å². The summed E-state index contributed by atoms with van der Waals surface area (Å²) in [5.41, 5.74) is 2.04. The molecule has 3 aliphatic rings. The highest BCUT2D eigenvalue weighted by atomic mass is 16.5. The second-order valence-electron chi connectivity index (χ2n) is 5.82. The summed E-state index contributed by atoms with van der Waals surface area (Å²) in [5, 5.41) is 3.06. The van der Waals surface area contributed by atoms with Crippen LogP contribution in [0.15, 0.2) is 18.2 Å². The third-order valence-electron chi connectivity index (χ3n) is 4.93. The van der Waals surface area contributed by atoms with Crippen molar-refractivity contribution in [3.05, 3.63) is 18.2 Å². The van der Waals surface area contributed by atoms with Crippen LogP contribution in [0.1, 0.15) is 19.3 Å². The molecule has 1 N–H and O–H groups in total. The fourth-order valence-electron chi connectivity index (χ4n) is 4.08. The van der Waals surface area contributed by atoms with E-state index in [4.69, 9.17) is 4.74 Å². The van der Waals surface area contributed by atoms with Crippen LogP contribution < -0.4 is 15.0 Å². The lowest BCUT2D eigenvalue weighted by Crippen LogP contribution is -2.46. The third kappa shape index (κ3) is 1.49.